The van der Waals surface area contributed by atoms with Gasteiger partial charge in [-0.1, -0.05) is 30.0 Å². The fourth-order valence-electron chi connectivity index (χ4n) is 1.82. The van der Waals surface area contributed by atoms with Crippen LogP contribution in [0.5, 0.6) is 0 Å². The Morgan fingerprint density at radius 2 is 2.19 bits per heavy atom. The Labute approximate surface area is 99.2 Å². The highest BCUT2D eigenvalue weighted by molar-refractivity contribution is 8.04. The lowest BCUT2D eigenvalue weighted by atomic mass is 10.1. The van der Waals surface area contributed by atoms with Gasteiger partial charge in [0.2, 0.25) is 0 Å². The van der Waals surface area contributed by atoms with Gasteiger partial charge in [0.1, 0.15) is 0 Å². The number of thioether (sulfide) groups is 1. The van der Waals surface area contributed by atoms with E-state index >= 15 is 0 Å². The average molecular weight is 228 g/mol. The minimum Gasteiger partial charge on any atom is -0.310 e. The summed E-state index contributed by atoms with van der Waals surface area (Å²) < 4.78 is 0. The topological polar surface area (TPSA) is 24.4 Å². The molecule has 1 unspecified atom stereocenters. The molecule has 1 atom stereocenters. The van der Waals surface area contributed by atoms with Gasteiger partial charge in [0.05, 0.1) is 11.4 Å². The maximum atomic E-state index is 4.65. The molecule has 1 aliphatic heterocycles. The Bertz CT molecular complexity index is 514. The van der Waals surface area contributed by atoms with Crippen molar-refractivity contribution in [1.82, 2.24) is 5.32 Å². The number of likely N-dealkylation sites (N-methyl/N-ethyl adjacent to an activating group) is 1. The van der Waals surface area contributed by atoms with Crippen molar-refractivity contribution in [3.05, 3.63) is 47.4 Å². The summed E-state index contributed by atoms with van der Waals surface area (Å²) in [6, 6.07) is 8.59. The largest absolute Gasteiger partial charge is 0.310 e. The van der Waals surface area contributed by atoms with Gasteiger partial charge in [-0.2, -0.15) is 0 Å². The molecule has 0 amide bonds. The quantitative estimate of drug-likeness (QED) is 0.799. The zero-order valence-corrected chi connectivity index (χ0v) is 9.79. The molecular formula is C13H12N2S. The minimum atomic E-state index is 0.326. The van der Waals surface area contributed by atoms with Crippen LogP contribution in [0.15, 0.2) is 57.3 Å². The molecule has 0 saturated heterocycles. The molecule has 1 aliphatic carbocycles. The number of para-hydroxylation sites is 1. The van der Waals surface area contributed by atoms with Crippen molar-refractivity contribution in [1.29, 1.82) is 0 Å². The van der Waals surface area contributed by atoms with Crippen LogP contribution in [0.1, 0.15) is 0 Å². The third-order valence-corrected chi connectivity index (χ3v) is 3.83. The number of hydrogen-bond donors (Lipinski definition) is 1. The van der Waals surface area contributed by atoms with Crippen molar-refractivity contribution >= 4 is 23.2 Å². The van der Waals surface area contributed by atoms with Gasteiger partial charge in [-0.3, -0.25) is 0 Å². The normalized spacial score (nSPS) is 21.9. The van der Waals surface area contributed by atoms with E-state index in [0.29, 0.717) is 6.04 Å². The summed E-state index contributed by atoms with van der Waals surface area (Å²) >= 11 is 1.80. The molecule has 80 valence electrons. The third-order valence-electron chi connectivity index (χ3n) is 2.70. The van der Waals surface area contributed by atoms with Crippen LogP contribution in [-0.2, 0) is 0 Å². The van der Waals surface area contributed by atoms with Gasteiger partial charge in [0, 0.05) is 15.8 Å². The molecule has 2 nitrogen and oxygen atoms in total. The average Bonchev–Trinajstić information content (AvgIpc) is 2.35. The van der Waals surface area contributed by atoms with E-state index in [-0.39, 0.29) is 0 Å². The number of fused-ring (bicyclic) bond motifs is 2. The van der Waals surface area contributed by atoms with Gasteiger partial charge in [0.25, 0.3) is 0 Å². The van der Waals surface area contributed by atoms with Crippen molar-refractivity contribution in [3.8, 4) is 0 Å². The molecule has 3 rings (SSSR count). The van der Waals surface area contributed by atoms with Crippen LogP contribution in [-0.4, -0.2) is 18.8 Å². The first-order valence-electron chi connectivity index (χ1n) is 5.30. The van der Waals surface area contributed by atoms with Crippen molar-refractivity contribution < 1.29 is 0 Å². The zero-order chi connectivity index (χ0) is 11.0. The highest BCUT2D eigenvalue weighted by Crippen LogP contribution is 2.41. The summed E-state index contributed by atoms with van der Waals surface area (Å²) in [4.78, 5) is 7.14. The van der Waals surface area contributed by atoms with Crippen LogP contribution in [0.4, 0.5) is 5.69 Å². The highest BCUT2D eigenvalue weighted by Gasteiger charge is 2.19. The highest BCUT2D eigenvalue weighted by atomic mass is 32.2. The van der Waals surface area contributed by atoms with Crippen molar-refractivity contribution in [2.24, 2.45) is 4.99 Å². The van der Waals surface area contributed by atoms with Crippen LogP contribution in [0, 0.1) is 0 Å². The third kappa shape index (κ3) is 1.62. The predicted octanol–water partition coefficient (Wildman–Crippen LogP) is 2.91. The number of hydrogen-bond acceptors (Lipinski definition) is 3. The molecule has 0 spiro atoms. The summed E-state index contributed by atoms with van der Waals surface area (Å²) in [6.07, 6.45) is 6.45. The molecule has 1 aromatic carbocycles. The molecule has 3 heteroatoms. The molecule has 2 aliphatic rings. The molecule has 1 heterocycles. The number of rotatable bonds is 1. The fourth-order valence-corrected chi connectivity index (χ4v) is 2.86. The van der Waals surface area contributed by atoms with Crippen LogP contribution < -0.4 is 5.32 Å². The van der Waals surface area contributed by atoms with E-state index in [1.54, 1.807) is 11.8 Å². The standard InChI is InChI=1S/C13H12N2S/c1-14-9-6-7-11-13(8-9)16-12-5-3-2-4-10(12)15-11/h2-9,14H,1H3. The molecular weight excluding hydrogens is 216 g/mol. The van der Waals surface area contributed by atoms with Crippen LogP contribution in [0.25, 0.3) is 0 Å². The summed E-state index contributed by atoms with van der Waals surface area (Å²) in [6.45, 7) is 0. The second-order valence-electron chi connectivity index (χ2n) is 3.77. The molecule has 0 radical (unpaired) electrons. The number of benzene rings is 1. The number of allylic oxidation sites excluding steroid dienone is 2. The van der Waals surface area contributed by atoms with E-state index in [1.165, 1.54) is 9.80 Å². The van der Waals surface area contributed by atoms with Crippen LogP contribution in [0.2, 0.25) is 0 Å². The lowest BCUT2D eigenvalue weighted by Crippen LogP contribution is -2.24. The van der Waals surface area contributed by atoms with E-state index < -0.39 is 0 Å². The van der Waals surface area contributed by atoms with Gasteiger partial charge in [-0.05, 0) is 31.3 Å². The first kappa shape index (κ1) is 9.87. The predicted molar refractivity (Wildman–Crippen MR) is 69.5 cm³/mol. The van der Waals surface area contributed by atoms with Gasteiger partial charge >= 0.3 is 0 Å². The van der Waals surface area contributed by atoms with Crippen molar-refractivity contribution in [2.45, 2.75) is 10.9 Å². The van der Waals surface area contributed by atoms with E-state index in [2.05, 4.69) is 46.7 Å². The Hall–Kier alpha value is -1.32. The summed E-state index contributed by atoms with van der Waals surface area (Å²) in [5.41, 5.74) is 2.16. The molecule has 0 fully saturated rings. The Morgan fingerprint density at radius 1 is 1.31 bits per heavy atom. The van der Waals surface area contributed by atoms with Crippen molar-refractivity contribution in [2.75, 3.05) is 7.05 Å². The minimum absolute atomic E-state index is 0.326. The molecule has 1 N–H and O–H groups in total. The van der Waals surface area contributed by atoms with Crippen LogP contribution in [0.3, 0.4) is 0 Å². The van der Waals surface area contributed by atoms with E-state index in [4.69, 9.17) is 0 Å². The Morgan fingerprint density at radius 3 is 3.06 bits per heavy atom. The first-order valence-corrected chi connectivity index (χ1v) is 6.12. The Balaban J connectivity index is 2.05. The van der Waals surface area contributed by atoms with Gasteiger partial charge in [-0.25, -0.2) is 4.99 Å². The van der Waals surface area contributed by atoms with E-state index in [0.717, 1.165) is 11.4 Å². The van der Waals surface area contributed by atoms with Gasteiger partial charge in [0.15, 0.2) is 0 Å². The van der Waals surface area contributed by atoms with E-state index in [9.17, 15) is 0 Å². The molecule has 1 aromatic rings. The molecule has 16 heavy (non-hydrogen) atoms. The zero-order valence-electron chi connectivity index (χ0n) is 8.97. The lowest BCUT2D eigenvalue weighted by Gasteiger charge is -2.21. The summed E-state index contributed by atoms with van der Waals surface area (Å²) in [5.74, 6) is 0. The monoisotopic (exact) mass is 228 g/mol. The second-order valence-corrected chi connectivity index (χ2v) is 4.86. The summed E-state index contributed by atoms with van der Waals surface area (Å²) in [5, 5.41) is 3.23. The number of aliphatic imine (C=N–C) groups is 1. The lowest BCUT2D eigenvalue weighted by molar-refractivity contribution is 0.788. The summed E-state index contributed by atoms with van der Waals surface area (Å²) in [7, 11) is 1.97. The maximum Gasteiger partial charge on any atom is 0.0776 e. The van der Waals surface area contributed by atoms with Gasteiger partial charge in [-0.15, -0.1) is 0 Å². The Kier molecular flexibility index (Phi) is 2.42. The molecule has 0 saturated carbocycles. The molecule has 0 aromatic heterocycles. The molecule has 0 bridgehead atoms. The smallest absolute Gasteiger partial charge is 0.0776 e. The maximum absolute atomic E-state index is 4.65. The first-order chi connectivity index (χ1) is 7.86. The van der Waals surface area contributed by atoms with Gasteiger partial charge < -0.3 is 5.32 Å². The fraction of sp³-hybridized carbons (Fsp3) is 0.154. The van der Waals surface area contributed by atoms with E-state index in [1.807, 2.05) is 13.1 Å². The SMILES string of the molecule is CNC1C=CC2=Nc3ccccc3SC2=C1. The van der Waals surface area contributed by atoms with Crippen LogP contribution >= 0.6 is 11.8 Å². The second kappa shape index (κ2) is 3.92. The van der Waals surface area contributed by atoms with Crippen molar-refractivity contribution in [3.63, 3.8) is 0 Å². The number of nitrogens with one attached hydrogen (secondary N) is 1. The number of nitrogens with zero attached hydrogens (tertiary/aromatic N) is 1.